The summed E-state index contributed by atoms with van der Waals surface area (Å²) in [7, 11) is 0. The second-order valence-electron chi connectivity index (χ2n) is 4.40. The molecule has 0 N–H and O–H groups in total. The van der Waals surface area contributed by atoms with Gasteiger partial charge in [0.25, 0.3) is 5.91 Å². The zero-order valence-corrected chi connectivity index (χ0v) is 10.2. The van der Waals surface area contributed by atoms with E-state index in [1.165, 1.54) is 6.92 Å². The van der Waals surface area contributed by atoms with Crippen LogP contribution in [0.15, 0.2) is 4.52 Å². The quantitative estimate of drug-likeness (QED) is 0.593. The van der Waals surface area contributed by atoms with Crippen LogP contribution in [0.2, 0.25) is 0 Å². The Labute approximate surface area is 104 Å². The summed E-state index contributed by atoms with van der Waals surface area (Å²) < 4.78 is 4.76. The number of aryl methyl sites for hydroxylation is 1. The average Bonchev–Trinajstić information content (AvgIpc) is 2.56. The molecule has 0 saturated carbocycles. The van der Waals surface area contributed by atoms with Gasteiger partial charge < -0.3 is 9.42 Å². The van der Waals surface area contributed by atoms with Gasteiger partial charge in [0.1, 0.15) is 0 Å². The molecule has 98 valence electrons. The zero-order valence-electron chi connectivity index (χ0n) is 10.2. The molecule has 1 aliphatic rings. The number of hydrogen-bond donors (Lipinski definition) is 0. The maximum Gasteiger partial charge on any atom is 0.344 e. The van der Waals surface area contributed by atoms with Crippen LogP contribution in [-0.2, 0) is 0 Å². The molecule has 18 heavy (non-hydrogen) atoms. The fourth-order valence-electron chi connectivity index (χ4n) is 2.15. The van der Waals surface area contributed by atoms with Gasteiger partial charge in [-0.1, -0.05) is 18.0 Å². The number of amides is 1. The summed E-state index contributed by atoms with van der Waals surface area (Å²) in [6, 6.07) is 0. The molecule has 1 aromatic heterocycles. The van der Waals surface area contributed by atoms with Crippen molar-refractivity contribution in [1.82, 2.24) is 10.1 Å². The fourth-order valence-corrected chi connectivity index (χ4v) is 2.15. The van der Waals surface area contributed by atoms with E-state index in [0.717, 1.165) is 25.7 Å². The minimum atomic E-state index is -0.614. The van der Waals surface area contributed by atoms with Crippen molar-refractivity contribution in [1.29, 1.82) is 0 Å². The normalized spacial score (nSPS) is 16.4. The zero-order chi connectivity index (χ0) is 13.1. The van der Waals surface area contributed by atoms with Crippen LogP contribution in [0, 0.1) is 17.0 Å². The molecule has 0 unspecified atom stereocenters. The second-order valence-corrected chi connectivity index (χ2v) is 4.40. The summed E-state index contributed by atoms with van der Waals surface area (Å²) in [5.41, 5.74) is -0.497. The molecule has 1 saturated heterocycles. The van der Waals surface area contributed by atoms with Crippen molar-refractivity contribution in [3.63, 3.8) is 0 Å². The van der Waals surface area contributed by atoms with Crippen LogP contribution in [0.3, 0.4) is 0 Å². The van der Waals surface area contributed by atoms with Gasteiger partial charge in [-0.3, -0.25) is 14.9 Å². The molecule has 1 aliphatic heterocycles. The highest BCUT2D eigenvalue weighted by atomic mass is 16.6. The van der Waals surface area contributed by atoms with Crippen LogP contribution in [-0.4, -0.2) is 34.0 Å². The molecule has 0 aromatic carbocycles. The Kier molecular flexibility index (Phi) is 3.59. The highest BCUT2D eigenvalue weighted by Crippen LogP contribution is 2.24. The predicted octanol–water partition coefficient (Wildman–Crippen LogP) is 1.91. The minimum Gasteiger partial charge on any atom is -0.353 e. The van der Waals surface area contributed by atoms with Crippen LogP contribution in [0.25, 0.3) is 0 Å². The molecule has 1 aromatic rings. The van der Waals surface area contributed by atoms with E-state index in [-0.39, 0.29) is 17.1 Å². The molecular weight excluding hydrogens is 238 g/mol. The number of nitrogens with zero attached hydrogens (tertiary/aromatic N) is 3. The van der Waals surface area contributed by atoms with Crippen molar-refractivity contribution in [3.05, 3.63) is 21.6 Å². The highest BCUT2D eigenvalue weighted by molar-refractivity contribution is 5.96. The van der Waals surface area contributed by atoms with Crippen LogP contribution < -0.4 is 0 Å². The summed E-state index contributed by atoms with van der Waals surface area (Å²) in [5, 5.41) is 14.4. The molecule has 0 spiro atoms. The lowest BCUT2D eigenvalue weighted by Gasteiger charge is -2.18. The minimum absolute atomic E-state index is 0.0678. The third-order valence-electron chi connectivity index (χ3n) is 3.11. The summed E-state index contributed by atoms with van der Waals surface area (Å²) in [4.78, 5) is 24.1. The first kappa shape index (κ1) is 12.5. The predicted molar refractivity (Wildman–Crippen MR) is 62.3 cm³/mol. The van der Waals surface area contributed by atoms with E-state index < -0.39 is 10.8 Å². The van der Waals surface area contributed by atoms with Gasteiger partial charge in [-0.25, -0.2) is 0 Å². The number of rotatable bonds is 2. The van der Waals surface area contributed by atoms with Crippen molar-refractivity contribution in [2.45, 2.75) is 32.6 Å². The molecule has 7 heteroatoms. The first-order valence-corrected chi connectivity index (χ1v) is 6.01. The average molecular weight is 253 g/mol. The number of nitro groups is 1. The topological polar surface area (TPSA) is 89.5 Å². The fraction of sp³-hybridized carbons (Fsp3) is 0.636. The van der Waals surface area contributed by atoms with Crippen LogP contribution in [0.4, 0.5) is 5.69 Å². The van der Waals surface area contributed by atoms with Crippen molar-refractivity contribution in [3.8, 4) is 0 Å². The largest absolute Gasteiger partial charge is 0.353 e. The molecule has 7 nitrogen and oxygen atoms in total. The van der Waals surface area contributed by atoms with E-state index in [4.69, 9.17) is 4.52 Å². The van der Waals surface area contributed by atoms with Crippen LogP contribution in [0.1, 0.15) is 41.9 Å². The van der Waals surface area contributed by atoms with Gasteiger partial charge in [0.15, 0.2) is 0 Å². The van der Waals surface area contributed by atoms with E-state index in [1.807, 2.05) is 0 Å². The molecule has 0 atom stereocenters. The third-order valence-corrected chi connectivity index (χ3v) is 3.11. The molecule has 2 rings (SSSR count). The maximum absolute atomic E-state index is 12.2. The molecule has 2 heterocycles. The lowest BCUT2D eigenvalue weighted by molar-refractivity contribution is -0.386. The smallest absolute Gasteiger partial charge is 0.344 e. The molecule has 1 amide bonds. The van der Waals surface area contributed by atoms with E-state index in [9.17, 15) is 14.9 Å². The summed E-state index contributed by atoms with van der Waals surface area (Å²) in [6.07, 6.45) is 4.03. The van der Waals surface area contributed by atoms with E-state index >= 15 is 0 Å². The highest BCUT2D eigenvalue weighted by Gasteiger charge is 2.32. The summed E-state index contributed by atoms with van der Waals surface area (Å²) in [6.45, 7) is 2.69. The third kappa shape index (κ3) is 2.34. The van der Waals surface area contributed by atoms with E-state index in [2.05, 4.69) is 5.16 Å². The van der Waals surface area contributed by atoms with Crippen molar-refractivity contribution in [2.75, 3.05) is 13.1 Å². The number of hydrogen-bond acceptors (Lipinski definition) is 5. The Hall–Kier alpha value is -1.92. The van der Waals surface area contributed by atoms with Gasteiger partial charge in [0.2, 0.25) is 11.5 Å². The molecule has 0 bridgehead atoms. The van der Waals surface area contributed by atoms with Gasteiger partial charge in [-0.05, 0) is 12.8 Å². The van der Waals surface area contributed by atoms with Gasteiger partial charge in [0.05, 0.1) is 4.92 Å². The molecule has 1 fully saturated rings. The number of carbonyl (C=O) groups excluding carboxylic acids is 1. The molecule has 0 radical (unpaired) electrons. The lowest BCUT2D eigenvalue weighted by atomic mass is 10.2. The van der Waals surface area contributed by atoms with E-state index in [0.29, 0.717) is 13.1 Å². The first-order chi connectivity index (χ1) is 8.61. The second kappa shape index (κ2) is 5.16. The van der Waals surface area contributed by atoms with Crippen LogP contribution >= 0.6 is 0 Å². The Bertz CT molecular complexity index is 461. The monoisotopic (exact) mass is 253 g/mol. The van der Waals surface area contributed by atoms with Gasteiger partial charge in [-0.15, -0.1) is 0 Å². The van der Waals surface area contributed by atoms with Gasteiger partial charge >= 0.3 is 5.69 Å². The molecular formula is C11H15N3O4. The van der Waals surface area contributed by atoms with Crippen LogP contribution in [0.5, 0.6) is 0 Å². The standard InChI is InChI=1S/C11H15N3O4/c1-8-10(14(16)17)9(12-18-8)11(15)13-6-4-2-3-5-7-13/h2-7H2,1H3. The number of aromatic nitrogens is 1. The lowest BCUT2D eigenvalue weighted by Crippen LogP contribution is -2.32. The SMILES string of the molecule is Cc1onc(C(=O)N2CCCCCC2)c1[N+](=O)[O-]. The van der Waals surface area contributed by atoms with Gasteiger partial charge in [0, 0.05) is 20.0 Å². The first-order valence-electron chi connectivity index (χ1n) is 6.01. The number of likely N-dealkylation sites (tertiary alicyclic amines) is 1. The summed E-state index contributed by atoms with van der Waals surface area (Å²) >= 11 is 0. The Balaban J connectivity index is 2.25. The van der Waals surface area contributed by atoms with Crippen molar-refractivity contribution >= 4 is 11.6 Å². The Morgan fingerprint density at radius 2 is 1.94 bits per heavy atom. The van der Waals surface area contributed by atoms with Crippen molar-refractivity contribution < 1.29 is 14.2 Å². The summed E-state index contributed by atoms with van der Waals surface area (Å²) in [5.74, 6) is -0.335. The molecule has 0 aliphatic carbocycles. The number of carbonyl (C=O) groups is 1. The Morgan fingerprint density at radius 3 is 2.50 bits per heavy atom. The van der Waals surface area contributed by atoms with E-state index in [1.54, 1.807) is 4.90 Å². The van der Waals surface area contributed by atoms with Crippen molar-refractivity contribution in [2.24, 2.45) is 0 Å². The maximum atomic E-state index is 12.2. The Morgan fingerprint density at radius 1 is 1.33 bits per heavy atom. The van der Waals surface area contributed by atoms with Gasteiger partial charge in [-0.2, -0.15) is 0 Å².